The molecule has 0 saturated heterocycles. The van der Waals surface area contributed by atoms with Gasteiger partial charge in [-0.2, -0.15) is 13.2 Å². The van der Waals surface area contributed by atoms with Gasteiger partial charge < -0.3 is 30.3 Å². The van der Waals surface area contributed by atoms with Crippen molar-refractivity contribution >= 4 is 18.0 Å². The highest BCUT2D eigenvalue weighted by Gasteiger charge is 2.38. The molecule has 0 saturated carbocycles. The lowest BCUT2D eigenvalue weighted by Gasteiger charge is -2.22. The Kier molecular flexibility index (Phi) is 6.10. The number of rotatable bonds is 6. The largest absolute Gasteiger partial charge is 0.511 e. The maximum absolute atomic E-state index is 11.9. The minimum atomic E-state index is -5.04. The predicted molar refractivity (Wildman–Crippen MR) is 79.4 cm³/mol. The van der Waals surface area contributed by atoms with Gasteiger partial charge in [-0.1, -0.05) is 0 Å². The molecule has 0 spiro atoms. The highest BCUT2D eigenvalue weighted by atomic mass is 19.4. The summed E-state index contributed by atoms with van der Waals surface area (Å²) in [5, 5.41) is 3.91. The first kappa shape index (κ1) is 19.9. The third-order valence-electron chi connectivity index (χ3n) is 3.01. The number of nitrogens with zero attached hydrogens (tertiary/aromatic N) is 1. The number of amides is 2. The van der Waals surface area contributed by atoms with E-state index < -0.39 is 49.5 Å². The second-order valence-corrected chi connectivity index (χ2v) is 4.83. The highest BCUT2D eigenvalue weighted by Crippen LogP contribution is 2.14. The average molecular weight is 394 g/mol. The van der Waals surface area contributed by atoms with E-state index in [9.17, 15) is 32.3 Å². The summed E-state index contributed by atoms with van der Waals surface area (Å²) in [5.41, 5.74) is 1.95. The van der Waals surface area contributed by atoms with Crippen LogP contribution in [0.5, 0.6) is 5.75 Å². The minimum Gasteiger partial charge on any atom is -0.451 e. The van der Waals surface area contributed by atoms with Gasteiger partial charge in [-0.15, -0.1) is 0 Å². The molecular formula is C13H13F3N4O7. The Labute approximate surface area is 148 Å². The maximum atomic E-state index is 11.9. The van der Waals surface area contributed by atoms with Gasteiger partial charge in [0.05, 0.1) is 6.54 Å². The lowest BCUT2D eigenvalue weighted by Crippen LogP contribution is -2.43. The van der Waals surface area contributed by atoms with Gasteiger partial charge in [0.1, 0.15) is 13.3 Å². The van der Waals surface area contributed by atoms with Crippen LogP contribution in [-0.4, -0.2) is 55.4 Å². The summed E-state index contributed by atoms with van der Waals surface area (Å²) < 4.78 is 50.9. The molecule has 2 amide bonds. The number of alkyl halides is 3. The van der Waals surface area contributed by atoms with Crippen LogP contribution in [0.2, 0.25) is 0 Å². The van der Waals surface area contributed by atoms with Crippen molar-refractivity contribution in [3.63, 3.8) is 0 Å². The Bertz CT molecular complexity index is 793. The molecule has 0 bridgehead atoms. The van der Waals surface area contributed by atoms with E-state index in [2.05, 4.69) is 20.2 Å². The number of halogens is 3. The fourth-order valence-corrected chi connectivity index (χ4v) is 1.87. The minimum absolute atomic E-state index is 0.127. The molecule has 3 N–H and O–H groups in total. The topological polar surface area (TPSA) is 137 Å². The van der Waals surface area contributed by atoms with Crippen molar-refractivity contribution in [2.24, 2.45) is 0 Å². The lowest BCUT2D eigenvalue weighted by atomic mass is 10.3. The summed E-state index contributed by atoms with van der Waals surface area (Å²) in [7, 11) is 0. The highest BCUT2D eigenvalue weighted by molar-refractivity contribution is 5.96. The second-order valence-electron chi connectivity index (χ2n) is 4.83. The number of aromatic nitrogens is 1. The van der Waals surface area contributed by atoms with Crippen molar-refractivity contribution in [3.8, 4) is 5.75 Å². The van der Waals surface area contributed by atoms with Crippen LogP contribution in [0.3, 0.4) is 0 Å². The summed E-state index contributed by atoms with van der Waals surface area (Å²) in [6.07, 6.45) is -5.05. The first-order valence-corrected chi connectivity index (χ1v) is 7.25. The molecule has 2 rings (SSSR count). The van der Waals surface area contributed by atoms with Crippen LogP contribution in [0.15, 0.2) is 17.1 Å². The Balaban J connectivity index is 1.78. The molecule has 1 aliphatic rings. The molecule has 1 aliphatic heterocycles. The lowest BCUT2D eigenvalue weighted by molar-refractivity contribution is -0.173. The van der Waals surface area contributed by atoms with E-state index in [1.54, 1.807) is 0 Å². The Morgan fingerprint density at radius 1 is 1.26 bits per heavy atom. The number of pyridine rings is 1. The van der Waals surface area contributed by atoms with Crippen LogP contribution < -0.4 is 26.2 Å². The molecule has 1 aromatic rings. The van der Waals surface area contributed by atoms with E-state index in [0.29, 0.717) is 0 Å². The van der Waals surface area contributed by atoms with Gasteiger partial charge in [0.2, 0.25) is 18.0 Å². The average Bonchev–Trinajstić information content (AvgIpc) is 2.60. The van der Waals surface area contributed by atoms with Gasteiger partial charge in [-0.25, -0.2) is 4.79 Å². The maximum Gasteiger partial charge on any atom is 0.511 e. The van der Waals surface area contributed by atoms with E-state index >= 15 is 0 Å². The van der Waals surface area contributed by atoms with Gasteiger partial charge in [-0.3, -0.25) is 19.1 Å². The molecule has 14 heteroatoms. The van der Waals surface area contributed by atoms with Crippen LogP contribution in [-0.2, 0) is 14.3 Å². The SMILES string of the molecule is O=C(OCCNC(=O)C(F)(F)F)OCOc1c2n(ccc1=O)NCNC2=O. The van der Waals surface area contributed by atoms with Gasteiger partial charge in [0.25, 0.3) is 5.91 Å². The molecule has 1 aromatic heterocycles. The van der Waals surface area contributed by atoms with E-state index in [0.717, 1.165) is 6.07 Å². The molecule has 2 heterocycles. The zero-order valence-corrected chi connectivity index (χ0v) is 13.4. The summed E-state index contributed by atoms with van der Waals surface area (Å²) in [4.78, 5) is 45.4. The smallest absolute Gasteiger partial charge is 0.451 e. The Hall–Kier alpha value is -3.45. The third-order valence-corrected chi connectivity index (χ3v) is 3.01. The summed E-state index contributed by atoms with van der Waals surface area (Å²) in [5.74, 6) is -3.15. The molecule has 11 nitrogen and oxygen atoms in total. The van der Waals surface area contributed by atoms with Crippen molar-refractivity contribution in [2.75, 3.05) is 32.0 Å². The summed E-state index contributed by atoms with van der Waals surface area (Å²) >= 11 is 0. The quantitative estimate of drug-likeness (QED) is 0.326. The second kappa shape index (κ2) is 8.29. The van der Waals surface area contributed by atoms with Crippen molar-refractivity contribution < 1.29 is 41.8 Å². The standard InChI is InChI=1S/C13H13F3N4O7/c14-13(15,16)11(23)17-2-4-25-12(24)27-6-26-9-7(21)1-3-20-8(9)10(22)18-5-19-20/h1,3,19H,2,4-6H2,(H,17,23)(H,18,22). The van der Waals surface area contributed by atoms with Crippen molar-refractivity contribution in [3.05, 3.63) is 28.2 Å². The van der Waals surface area contributed by atoms with E-state index in [-0.39, 0.29) is 18.1 Å². The van der Waals surface area contributed by atoms with Crippen LogP contribution in [0.4, 0.5) is 18.0 Å². The molecule has 0 radical (unpaired) electrons. The first-order chi connectivity index (χ1) is 12.7. The van der Waals surface area contributed by atoms with Gasteiger partial charge in [0, 0.05) is 12.3 Å². The third kappa shape index (κ3) is 5.26. The molecule has 0 atom stereocenters. The molecule has 0 fully saturated rings. The molecule has 148 valence electrons. The van der Waals surface area contributed by atoms with E-state index in [4.69, 9.17) is 4.74 Å². The fraction of sp³-hybridized carbons (Fsp3) is 0.385. The fourth-order valence-electron chi connectivity index (χ4n) is 1.87. The number of nitrogens with one attached hydrogen (secondary N) is 3. The van der Waals surface area contributed by atoms with Gasteiger partial charge >= 0.3 is 18.2 Å². The van der Waals surface area contributed by atoms with Crippen LogP contribution in [0.1, 0.15) is 10.5 Å². The van der Waals surface area contributed by atoms with Crippen molar-refractivity contribution in [1.82, 2.24) is 15.3 Å². The van der Waals surface area contributed by atoms with Crippen LogP contribution >= 0.6 is 0 Å². The summed E-state index contributed by atoms with van der Waals surface area (Å²) in [6.45, 7) is -1.85. The monoisotopic (exact) mass is 394 g/mol. The molecular weight excluding hydrogens is 381 g/mol. The van der Waals surface area contributed by atoms with Crippen molar-refractivity contribution in [2.45, 2.75) is 6.18 Å². The number of carbonyl (C=O) groups excluding carboxylic acids is 3. The first-order valence-electron chi connectivity index (χ1n) is 7.25. The normalized spacial score (nSPS) is 12.9. The summed E-state index contributed by atoms with van der Waals surface area (Å²) in [6, 6.07) is 1.12. The number of carbonyl (C=O) groups is 3. The predicted octanol–water partition coefficient (Wildman–Crippen LogP) is -0.739. The number of hydrogen-bond acceptors (Lipinski definition) is 8. The molecule has 0 unspecified atom stereocenters. The molecule has 0 aliphatic carbocycles. The van der Waals surface area contributed by atoms with E-state index in [1.807, 2.05) is 0 Å². The zero-order valence-electron chi connectivity index (χ0n) is 13.4. The van der Waals surface area contributed by atoms with Crippen LogP contribution in [0, 0.1) is 0 Å². The van der Waals surface area contributed by atoms with Crippen LogP contribution in [0.25, 0.3) is 0 Å². The number of ether oxygens (including phenoxy) is 3. The molecule has 27 heavy (non-hydrogen) atoms. The van der Waals surface area contributed by atoms with E-state index in [1.165, 1.54) is 16.2 Å². The van der Waals surface area contributed by atoms with Crippen molar-refractivity contribution in [1.29, 1.82) is 0 Å². The number of fused-ring (bicyclic) bond motifs is 1. The Morgan fingerprint density at radius 3 is 2.70 bits per heavy atom. The zero-order chi connectivity index (χ0) is 20.0. The number of hydrogen-bond donors (Lipinski definition) is 3. The molecule has 0 aromatic carbocycles. The van der Waals surface area contributed by atoms with Gasteiger partial charge in [0.15, 0.2) is 5.69 Å². The Morgan fingerprint density at radius 2 is 2.00 bits per heavy atom. The van der Waals surface area contributed by atoms with Gasteiger partial charge in [-0.05, 0) is 0 Å².